The van der Waals surface area contributed by atoms with Crippen molar-refractivity contribution < 1.29 is 4.42 Å². The van der Waals surface area contributed by atoms with Crippen LogP contribution in [-0.2, 0) is 0 Å². The number of pyridine rings is 1. The minimum Gasteiger partial charge on any atom is -0.436 e. The highest BCUT2D eigenvalue weighted by atomic mass is 16.3. The van der Waals surface area contributed by atoms with Gasteiger partial charge in [0, 0.05) is 29.7 Å². The number of benzene rings is 1. The Kier molecular flexibility index (Phi) is 2.08. The summed E-state index contributed by atoms with van der Waals surface area (Å²) in [4.78, 5) is 8.48. The van der Waals surface area contributed by atoms with Crippen LogP contribution in [0, 0.1) is 6.92 Å². The standard InChI is InChI=1S/C13H11N3O/c1-8-7-15-5-4-10(8)13-16-11-3-2-9(14)6-12(11)17-13/h2-7H,14H2,1H3. The molecule has 17 heavy (non-hydrogen) atoms. The highest BCUT2D eigenvalue weighted by Crippen LogP contribution is 2.26. The molecule has 2 heterocycles. The zero-order valence-corrected chi connectivity index (χ0v) is 9.34. The summed E-state index contributed by atoms with van der Waals surface area (Å²) in [6.45, 7) is 1.98. The largest absolute Gasteiger partial charge is 0.436 e. The maximum absolute atomic E-state index is 5.70. The molecule has 84 valence electrons. The summed E-state index contributed by atoms with van der Waals surface area (Å²) < 4.78 is 5.70. The number of nitrogen functional groups attached to an aromatic ring is 1. The fourth-order valence-electron chi connectivity index (χ4n) is 1.77. The molecule has 2 aromatic heterocycles. The monoisotopic (exact) mass is 225 g/mol. The molecular formula is C13H11N3O. The SMILES string of the molecule is Cc1cnccc1-c1nc2ccc(N)cc2o1. The summed E-state index contributed by atoms with van der Waals surface area (Å²) in [7, 11) is 0. The molecule has 0 fully saturated rings. The smallest absolute Gasteiger partial charge is 0.227 e. The van der Waals surface area contributed by atoms with Gasteiger partial charge in [0.05, 0.1) is 0 Å². The molecule has 0 spiro atoms. The van der Waals surface area contributed by atoms with E-state index in [0.717, 1.165) is 16.6 Å². The van der Waals surface area contributed by atoms with Crippen LogP contribution < -0.4 is 5.73 Å². The van der Waals surface area contributed by atoms with Crippen molar-refractivity contribution in [2.45, 2.75) is 6.92 Å². The van der Waals surface area contributed by atoms with Gasteiger partial charge in [-0.05, 0) is 30.7 Å². The van der Waals surface area contributed by atoms with Gasteiger partial charge in [0.2, 0.25) is 5.89 Å². The molecule has 0 saturated heterocycles. The third-order valence-corrected chi connectivity index (χ3v) is 2.66. The van der Waals surface area contributed by atoms with E-state index in [0.29, 0.717) is 17.2 Å². The number of anilines is 1. The Morgan fingerprint density at radius 1 is 1.24 bits per heavy atom. The van der Waals surface area contributed by atoms with Crippen LogP contribution in [0.4, 0.5) is 5.69 Å². The first kappa shape index (κ1) is 9.84. The zero-order chi connectivity index (χ0) is 11.8. The van der Waals surface area contributed by atoms with Gasteiger partial charge < -0.3 is 10.2 Å². The van der Waals surface area contributed by atoms with Crippen molar-refractivity contribution in [2.24, 2.45) is 0 Å². The summed E-state index contributed by atoms with van der Waals surface area (Å²) in [5, 5.41) is 0. The number of fused-ring (bicyclic) bond motifs is 1. The molecule has 0 atom stereocenters. The lowest BCUT2D eigenvalue weighted by Gasteiger charge is -1.98. The normalized spacial score (nSPS) is 10.9. The highest BCUT2D eigenvalue weighted by Gasteiger charge is 2.10. The van der Waals surface area contributed by atoms with E-state index in [-0.39, 0.29) is 0 Å². The van der Waals surface area contributed by atoms with Crippen LogP contribution in [0.25, 0.3) is 22.6 Å². The van der Waals surface area contributed by atoms with E-state index < -0.39 is 0 Å². The van der Waals surface area contributed by atoms with Crippen LogP contribution in [0.1, 0.15) is 5.56 Å². The maximum Gasteiger partial charge on any atom is 0.227 e. The fraction of sp³-hybridized carbons (Fsp3) is 0.0769. The molecule has 3 aromatic rings. The van der Waals surface area contributed by atoms with Gasteiger partial charge in [0.25, 0.3) is 0 Å². The average Bonchev–Trinajstić information content (AvgIpc) is 2.72. The highest BCUT2D eigenvalue weighted by molar-refractivity contribution is 5.79. The number of hydrogen-bond donors (Lipinski definition) is 1. The molecule has 0 radical (unpaired) electrons. The van der Waals surface area contributed by atoms with Gasteiger partial charge in [-0.15, -0.1) is 0 Å². The molecule has 4 nitrogen and oxygen atoms in total. The van der Waals surface area contributed by atoms with Gasteiger partial charge in [0.1, 0.15) is 5.52 Å². The second kappa shape index (κ2) is 3.59. The Balaban J connectivity index is 2.22. The first-order valence-corrected chi connectivity index (χ1v) is 5.31. The summed E-state index contributed by atoms with van der Waals surface area (Å²) in [5.41, 5.74) is 9.88. The van der Waals surface area contributed by atoms with Crippen molar-refractivity contribution in [2.75, 3.05) is 5.73 Å². The van der Waals surface area contributed by atoms with Gasteiger partial charge in [-0.25, -0.2) is 4.98 Å². The molecule has 3 rings (SSSR count). The quantitative estimate of drug-likeness (QED) is 0.647. The van der Waals surface area contributed by atoms with E-state index in [9.17, 15) is 0 Å². The first-order valence-electron chi connectivity index (χ1n) is 5.31. The maximum atomic E-state index is 5.70. The number of oxazole rings is 1. The van der Waals surface area contributed by atoms with Crippen molar-refractivity contribution in [1.82, 2.24) is 9.97 Å². The van der Waals surface area contributed by atoms with Crippen molar-refractivity contribution >= 4 is 16.8 Å². The van der Waals surface area contributed by atoms with Gasteiger partial charge >= 0.3 is 0 Å². The van der Waals surface area contributed by atoms with Crippen molar-refractivity contribution in [3.8, 4) is 11.5 Å². The first-order chi connectivity index (χ1) is 8.24. The molecular weight excluding hydrogens is 214 g/mol. The lowest BCUT2D eigenvalue weighted by Crippen LogP contribution is -1.83. The van der Waals surface area contributed by atoms with Gasteiger partial charge in [-0.2, -0.15) is 0 Å². The van der Waals surface area contributed by atoms with Crippen LogP contribution in [0.3, 0.4) is 0 Å². The lowest BCUT2D eigenvalue weighted by atomic mass is 10.2. The zero-order valence-electron chi connectivity index (χ0n) is 9.34. The number of nitrogens with two attached hydrogens (primary N) is 1. The van der Waals surface area contributed by atoms with E-state index in [1.807, 2.05) is 25.1 Å². The molecule has 4 heteroatoms. The predicted octanol–water partition coefficient (Wildman–Crippen LogP) is 2.78. The third-order valence-electron chi connectivity index (χ3n) is 2.66. The van der Waals surface area contributed by atoms with Crippen LogP contribution >= 0.6 is 0 Å². The Morgan fingerprint density at radius 3 is 2.94 bits per heavy atom. The molecule has 0 unspecified atom stereocenters. The lowest BCUT2D eigenvalue weighted by molar-refractivity contribution is 0.619. The van der Waals surface area contributed by atoms with Gasteiger partial charge in [-0.1, -0.05) is 0 Å². The third kappa shape index (κ3) is 1.63. The van der Waals surface area contributed by atoms with Crippen molar-refractivity contribution in [3.63, 3.8) is 0 Å². The van der Waals surface area contributed by atoms with Gasteiger partial charge in [-0.3, -0.25) is 4.98 Å². The summed E-state index contributed by atoms with van der Waals surface area (Å²) in [6.07, 6.45) is 3.52. The molecule has 0 saturated carbocycles. The van der Waals surface area contributed by atoms with Crippen molar-refractivity contribution in [3.05, 3.63) is 42.2 Å². The van der Waals surface area contributed by atoms with Crippen molar-refractivity contribution in [1.29, 1.82) is 0 Å². The molecule has 0 amide bonds. The van der Waals surface area contributed by atoms with Crippen LogP contribution in [0.5, 0.6) is 0 Å². The number of nitrogens with zero attached hydrogens (tertiary/aromatic N) is 2. The Bertz CT molecular complexity index is 688. The van der Waals surface area contributed by atoms with E-state index in [1.54, 1.807) is 18.5 Å². The number of hydrogen-bond acceptors (Lipinski definition) is 4. The molecule has 2 N–H and O–H groups in total. The van der Waals surface area contributed by atoms with E-state index >= 15 is 0 Å². The molecule has 0 aliphatic rings. The second-order valence-corrected chi connectivity index (χ2v) is 3.94. The molecule has 1 aromatic carbocycles. The predicted molar refractivity (Wildman–Crippen MR) is 66.4 cm³/mol. The van der Waals surface area contributed by atoms with E-state index in [1.165, 1.54) is 0 Å². The van der Waals surface area contributed by atoms with Crippen LogP contribution in [0.2, 0.25) is 0 Å². The van der Waals surface area contributed by atoms with E-state index in [2.05, 4.69) is 9.97 Å². The molecule has 0 aliphatic carbocycles. The summed E-state index contributed by atoms with van der Waals surface area (Å²) in [6, 6.07) is 7.34. The topological polar surface area (TPSA) is 64.9 Å². The molecule has 0 bridgehead atoms. The van der Waals surface area contributed by atoms with Crippen LogP contribution in [-0.4, -0.2) is 9.97 Å². The molecule has 0 aliphatic heterocycles. The number of aromatic nitrogens is 2. The average molecular weight is 225 g/mol. The van der Waals surface area contributed by atoms with Crippen LogP contribution in [0.15, 0.2) is 41.1 Å². The minimum atomic E-state index is 0.602. The fourth-order valence-corrected chi connectivity index (χ4v) is 1.77. The summed E-state index contributed by atoms with van der Waals surface area (Å²) in [5.74, 6) is 0.602. The number of aryl methyl sites for hydroxylation is 1. The Labute approximate surface area is 98.1 Å². The second-order valence-electron chi connectivity index (χ2n) is 3.94. The van der Waals surface area contributed by atoms with E-state index in [4.69, 9.17) is 10.2 Å². The minimum absolute atomic E-state index is 0.602. The van der Waals surface area contributed by atoms with Gasteiger partial charge in [0.15, 0.2) is 5.58 Å². The summed E-state index contributed by atoms with van der Waals surface area (Å²) >= 11 is 0. The number of rotatable bonds is 1. The Hall–Kier alpha value is -2.36. The Morgan fingerprint density at radius 2 is 2.12 bits per heavy atom.